The fourth-order valence-corrected chi connectivity index (χ4v) is 3.73. The van der Waals surface area contributed by atoms with E-state index in [-0.39, 0.29) is 18.5 Å². The number of unbranched alkanes of at least 4 members (excludes halogenated alkanes) is 1. The number of aliphatic hydroxyl groups is 1. The number of carbonyl (C=O) groups excluding carboxylic acids is 1. The lowest BCUT2D eigenvalue weighted by Gasteiger charge is -2.50. The quantitative estimate of drug-likeness (QED) is 0.337. The Balaban J connectivity index is 2.35. The van der Waals surface area contributed by atoms with Gasteiger partial charge in [0.2, 0.25) is 0 Å². The van der Waals surface area contributed by atoms with Crippen molar-refractivity contribution < 1.29 is 28.3 Å². The van der Waals surface area contributed by atoms with Crippen molar-refractivity contribution in [1.82, 2.24) is 5.06 Å². The van der Waals surface area contributed by atoms with Crippen LogP contribution < -0.4 is 0 Å². The minimum absolute atomic E-state index is 0.234. The van der Waals surface area contributed by atoms with Crippen molar-refractivity contribution in [1.29, 1.82) is 0 Å². The summed E-state index contributed by atoms with van der Waals surface area (Å²) >= 11 is 0. The van der Waals surface area contributed by atoms with Crippen LogP contribution in [0.1, 0.15) is 66.2 Å². The molecule has 0 aromatic carbocycles. The highest BCUT2D eigenvalue weighted by Gasteiger charge is 2.46. The van der Waals surface area contributed by atoms with Gasteiger partial charge in [0.05, 0.1) is 6.10 Å². The van der Waals surface area contributed by atoms with Crippen LogP contribution in [-0.4, -0.2) is 53.0 Å². The van der Waals surface area contributed by atoms with Crippen LogP contribution in [0.2, 0.25) is 0 Å². The lowest BCUT2D eigenvalue weighted by Crippen LogP contribution is -2.60. The summed E-state index contributed by atoms with van der Waals surface area (Å²) in [7, 11) is -2.63. The summed E-state index contributed by atoms with van der Waals surface area (Å²) in [6, 6.07) is 0. The molecule has 0 aromatic heterocycles. The zero-order valence-electron chi connectivity index (χ0n) is 15.5. The number of hydrogen-bond donors (Lipinski definition) is 3. The number of hydrogen-bond acceptors (Lipinski definition) is 7. The van der Waals surface area contributed by atoms with Crippen molar-refractivity contribution in [2.45, 2.75) is 89.5 Å². The van der Waals surface area contributed by atoms with Crippen LogP contribution in [0.5, 0.6) is 0 Å². The van der Waals surface area contributed by atoms with Gasteiger partial charge in [-0.25, -0.2) is 8.42 Å². The average molecular weight is 378 g/mol. The van der Waals surface area contributed by atoms with Gasteiger partial charge >= 0.3 is 5.97 Å². The van der Waals surface area contributed by atoms with E-state index in [4.69, 9.17) is 4.74 Å². The second kappa shape index (κ2) is 9.12. The Bertz CT molecular complexity index is 529. The lowest BCUT2D eigenvalue weighted by atomic mass is 9.80. The maximum Gasteiger partial charge on any atom is 0.306 e. The molecule has 1 rings (SSSR count). The molecule has 1 unspecified atom stereocenters. The molecule has 0 aromatic rings. The van der Waals surface area contributed by atoms with Gasteiger partial charge in [-0.1, -0.05) is 0 Å². The smallest absolute Gasteiger partial charge is 0.306 e. The predicted octanol–water partition coefficient (Wildman–Crippen LogP) is 1.99. The number of piperidine rings is 1. The number of esters is 1. The first-order valence-corrected chi connectivity index (χ1v) is 9.87. The highest BCUT2D eigenvalue weighted by atomic mass is 32.2. The minimum atomic E-state index is -2.63. The van der Waals surface area contributed by atoms with E-state index in [1.165, 1.54) is 11.1 Å². The molecule has 2 N–H and O–H groups in total. The van der Waals surface area contributed by atoms with Crippen molar-refractivity contribution in [2.75, 3.05) is 0 Å². The van der Waals surface area contributed by atoms with Crippen LogP contribution in [0, 0.1) is 0 Å². The van der Waals surface area contributed by atoms with E-state index in [1.807, 2.05) is 27.7 Å². The summed E-state index contributed by atoms with van der Waals surface area (Å²) in [6.07, 6.45) is 3.13. The molecule has 1 aliphatic rings. The zero-order chi connectivity index (χ0) is 19.3. The van der Waals surface area contributed by atoms with Crippen molar-refractivity contribution in [2.24, 2.45) is 0 Å². The first-order chi connectivity index (χ1) is 11.4. The van der Waals surface area contributed by atoms with Gasteiger partial charge in [0.15, 0.2) is 10.7 Å². The number of hydroxylamine groups is 2. The van der Waals surface area contributed by atoms with E-state index >= 15 is 0 Å². The molecule has 0 aliphatic carbocycles. The summed E-state index contributed by atoms with van der Waals surface area (Å²) < 4.78 is 26.3. The third-order valence-corrected chi connectivity index (χ3v) is 4.88. The molecule has 0 radical (unpaired) electrons. The predicted molar refractivity (Wildman–Crippen MR) is 94.8 cm³/mol. The standard InChI is InChI=1S/C17H31NO6S/c1-16(2)11-14(12-17(3,4)18(16)21)24-15(20)8-6-5-7-13(19)9-10-25(22)23/h9-10,13-14,19,21,25H,5-8,11-12H2,1-4H3/b10-9+. The summed E-state index contributed by atoms with van der Waals surface area (Å²) in [5.41, 5.74) is -0.933. The molecule has 0 spiro atoms. The fourth-order valence-electron chi connectivity index (χ4n) is 3.40. The molecule has 0 amide bonds. The molecule has 146 valence electrons. The first-order valence-electron chi connectivity index (χ1n) is 8.62. The summed E-state index contributed by atoms with van der Waals surface area (Å²) in [4.78, 5) is 12.0. The van der Waals surface area contributed by atoms with E-state index in [2.05, 4.69) is 0 Å². The van der Waals surface area contributed by atoms with E-state index in [9.17, 15) is 23.5 Å². The van der Waals surface area contributed by atoms with Gasteiger partial charge in [-0.05, 0) is 53.0 Å². The van der Waals surface area contributed by atoms with Crippen LogP contribution >= 0.6 is 0 Å². The third-order valence-electron chi connectivity index (χ3n) is 4.46. The van der Waals surface area contributed by atoms with E-state index in [0.717, 1.165) is 5.41 Å². The number of rotatable bonds is 8. The molecular weight excluding hydrogens is 346 g/mol. The van der Waals surface area contributed by atoms with Crippen LogP contribution in [0.25, 0.3) is 0 Å². The Kier molecular flexibility index (Phi) is 8.05. The summed E-state index contributed by atoms with van der Waals surface area (Å²) in [5, 5.41) is 22.1. The first kappa shape index (κ1) is 22.1. The zero-order valence-corrected chi connectivity index (χ0v) is 16.4. The van der Waals surface area contributed by atoms with Crippen LogP contribution in [0.4, 0.5) is 0 Å². The minimum Gasteiger partial charge on any atom is -0.462 e. The Morgan fingerprint density at radius 2 is 1.80 bits per heavy atom. The maximum atomic E-state index is 12.0. The Morgan fingerprint density at radius 3 is 2.32 bits per heavy atom. The van der Waals surface area contributed by atoms with Crippen molar-refractivity contribution in [3.8, 4) is 0 Å². The van der Waals surface area contributed by atoms with Gasteiger partial charge in [0, 0.05) is 35.7 Å². The fraction of sp³-hybridized carbons (Fsp3) is 0.824. The van der Waals surface area contributed by atoms with E-state index in [0.29, 0.717) is 32.1 Å². The molecule has 1 aliphatic heterocycles. The third kappa shape index (κ3) is 7.43. The SMILES string of the molecule is CC1(C)CC(OC(=O)CCCCC(O)/C=C/[SH](=O)=O)CC(C)(C)N1O. The molecule has 1 fully saturated rings. The number of nitrogens with zero attached hydrogens (tertiary/aromatic N) is 1. The number of ether oxygens (including phenoxy) is 1. The van der Waals surface area contributed by atoms with Crippen LogP contribution in [0.15, 0.2) is 11.5 Å². The molecule has 0 saturated carbocycles. The lowest BCUT2D eigenvalue weighted by molar-refractivity contribution is -0.259. The van der Waals surface area contributed by atoms with Gasteiger partial charge in [-0.15, -0.1) is 0 Å². The van der Waals surface area contributed by atoms with Crippen molar-refractivity contribution in [3.63, 3.8) is 0 Å². The Labute approximate surface area is 151 Å². The van der Waals surface area contributed by atoms with Crippen LogP contribution in [-0.2, 0) is 20.2 Å². The van der Waals surface area contributed by atoms with E-state index < -0.39 is 27.9 Å². The molecular formula is C17H31NO6S. The maximum absolute atomic E-state index is 12.0. The Morgan fingerprint density at radius 1 is 1.24 bits per heavy atom. The number of thiol groups is 1. The molecule has 25 heavy (non-hydrogen) atoms. The number of aliphatic hydroxyl groups excluding tert-OH is 1. The van der Waals surface area contributed by atoms with Crippen molar-refractivity contribution >= 4 is 16.7 Å². The van der Waals surface area contributed by atoms with Gasteiger partial charge in [-0.3, -0.25) is 4.79 Å². The monoisotopic (exact) mass is 377 g/mol. The van der Waals surface area contributed by atoms with Crippen molar-refractivity contribution in [3.05, 3.63) is 11.5 Å². The topological polar surface area (TPSA) is 104 Å². The molecule has 1 heterocycles. The van der Waals surface area contributed by atoms with Gasteiger partial charge in [0.25, 0.3) is 0 Å². The second-order valence-electron chi connectivity index (χ2n) is 7.90. The highest BCUT2D eigenvalue weighted by molar-refractivity contribution is 7.75. The summed E-state index contributed by atoms with van der Waals surface area (Å²) in [5.74, 6) is -0.282. The molecule has 7 nitrogen and oxygen atoms in total. The van der Waals surface area contributed by atoms with Gasteiger partial charge in [0.1, 0.15) is 6.10 Å². The van der Waals surface area contributed by atoms with E-state index in [1.54, 1.807) is 0 Å². The molecule has 8 heteroatoms. The largest absolute Gasteiger partial charge is 0.462 e. The molecule has 1 saturated heterocycles. The van der Waals surface area contributed by atoms with Crippen LogP contribution in [0.3, 0.4) is 0 Å². The average Bonchev–Trinajstić information content (AvgIpc) is 2.46. The normalized spacial score (nSPS) is 22.4. The molecule has 1 atom stereocenters. The van der Waals surface area contributed by atoms with Gasteiger partial charge in [-0.2, -0.15) is 5.06 Å². The second-order valence-corrected chi connectivity index (χ2v) is 8.77. The number of carbonyl (C=O) groups is 1. The Hall–Kier alpha value is -0.960. The molecule has 0 bridgehead atoms. The van der Waals surface area contributed by atoms with Gasteiger partial charge < -0.3 is 15.1 Å². The summed E-state index contributed by atoms with van der Waals surface area (Å²) in [6.45, 7) is 7.66. The highest BCUT2D eigenvalue weighted by Crippen LogP contribution is 2.38.